The number of ether oxygens (including phenoxy) is 2. The molecule has 0 heterocycles. The first-order valence-corrected chi connectivity index (χ1v) is 12.1. The first kappa shape index (κ1) is 26.2. The average Bonchev–Trinajstić information content (AvgIpc) is 2.82. The van der Waals surface area contributed by atoms with Crippen LogP contribution in [0.4, 0.5) is 0 Å². The Morgan fingerprint density at radius 3 is 2.34 bits per heavy atom. The van der Waals surface area contributed by atoms with Gasteiger partial charge in [-0.3, -0.25) is 25.8 Å². The summed E-state index contributed by atoms with van der Waals surface area (Å²) in [5.41, 5.74) is 8.44. The summed E-state index contributed by atoms with van der Waals surface area (Å²) in [5, 5.41) is 2.48. The second-order valence-corrected chi connectivity index (χ2v) is 9.12. The number of rotatable bonds is 8. The Morgan fingerprint density at radius 1 is 0.914 bits per heavy atom. The molecular weight excluding hydrogens is 530 g/mol. The van der Waals surface area contributed by atoms with E-state index in [9.17, 15) is 9.59 Å². The van der Waals surface area contributed by atoms with Gasteiger partial charge in [0.15, 0.2) is 11.7 Å². The van der Waals surface area contributed by atoms with Gasteiger partial charge >= 0.3 is 0 Å². The standard InChI is InChI=1S/C26H26BrN3O4S/c1-17-12-18(2)14-21(13-17)34-16-24(31)29-30-26(35)28-25(32)22-15-20(27)8-9-23(22)33-11-10-19-6-4-3-5-7-19/h3-9,12-15H,10-11,16H2,1-2H3,(H,29,31)(H2,28,30,32,35). The van der Waals surface area contributed by atoms with E-state index in [0.717, 1.165) is 16.7 Å². The third-order valence-corrected chi connectivity index (χ3v) is 5.48. The number of hydrazine groups is 1. The van der Waals surface area contributed by atoms with E-state index in [1.54, 1.807) is 18.2 Å². The highest BCUT2D eigenvalue weighted by Crippen LogP contribution is 2.23. The van der Waals surface area contributed by atoms with Crippen molar-refractivity contribution in [3.8, 4) is 11.5 Å². The van der Waals surface area contributed by atoms with Crippen molar-refractivity contribution < 1.29 is 19.1 Å². The van der Waals surface area contributed by atoms with Crippen LogP contribution in [0.3, 0.4) is 0 Å². The Balaban J connectivity index is 1.48. The lowest BCUT2D eigenvalue weighted by molar-refractivity contribution is -0.123. The van der Waals surface area contributed by atoms with Crippen LogP contribution in [0.25, 0.3) is 0 Å². The molecular formula is C26H26BrN3O4S. The number of halogens is 1. The number of carbonyl (C=O) groups excluding carboxylic acids is 2. The topological polar surface area (TPSA) is 88.7 Å². The summed E-state index contributed by atoms with van der Waals surface area (Å²) in [4.78, 5) is 24.9. The highest BCUT2D eigenvalue weighted by molar-refractivity contribution is 9.10. The van der Waals surface area contributed by atoms with Gasteiger partial charge in [0.1, 0.15) is 11.5 Å². The van der Waals surface area contributed by atoms with E-state index in [-0.39, 0.29) is 11.7 Å². The van der Waals surface area contributed by atoms with Gasteiger partial charge in [-0.05, 0) is 73.1 Å². The molecule has 182 valence electrons. The maximum Gasteiger partial charge on any atom is 0.276 e. The van der Waals surface area contributed by atoms with Crippen LogP contribution in [-0.4, -0.2) is 30.1 Å². The van der Waals surface area contributed by atoms with Gasteiger partial charge in [0.05, 0.1) is 12.2 Å². The highest BCUT2D eigenvalue weighted by Gasteiger charge is 2.15. The van der Waals surface area contributed by atoms with Crippen LogP contribution in [0.15, 0.2) is 71.2 Å². The molecule has 0 bridgehead atoms. The molecule has 0 fully saturated rings. The minimum Gasteiger partial charge on any atom is -0.492 e. The zero-order valence-corrected chi connectivity index (χ0v) is 21.8. The summed E-state index contributed by atoms with van der Waals surface area (Å²) in [5.74, 6) is 0.102. The van der Waals surface area contributed by atoms with Crippen LogP contribution in [0.5, 0.6) is 11.5 Å². The number of nitrogens with one attached hydrogen (secondary N) is 3. The van der Waals surface area contributed by atoms with Crippen molar-refractivity contribution in [3.63, 3.8) is 0 Å². The number of aryl methyl sites for hydroxylation is 2. The molecule has 0 aromatic heterocycles. The number of benzene rings is 3. The second-order valence-electron chi connectivity index (χ2n) is 7.79. The van der Waals surface area contributed by atoms with Crippen molar-refractivity contribution in [1.29, 1.82) is 0 Å². The number of amides is 2. The predicted molar refractivity (Wildman–Crippen MR) is 143 cm³/mol. The number of hydrogen-bond donors (Lipinski definition) is 3. The van der Waals surface area contributed by atoms with E-state index in [2.05, 4.69) is 32.1 Å². The van der Waals surface area contributed by atoms with Crippen LogP contribution in [0.2, 0.25) is 0 Å². The third kappa shape index (κ3) is 8.70. The second kappa shape index (κ2) is 12.9. The smallest absolute Gasteiger partial charge is 0.276 e. The maximum absolute atomic E-state index is 12.8. The summed E-state index contributed by atoms with van der Waals surface area (Å²) in [6.07, 6.45) is 0.703. The summed E-state index contributed by atoms with van der Waals surface area (Å²) in [6, 6.07) is 20.8. The molecule has 0 aliphatic heterocycles. The van der Waals surface area contributed by atoms with Crippen molar-refractivity contribution >= 4 is 45.1 Å². The largest absolute Gasteiger partial charge is 0.492 e. The Labute approximate surface area is 218 Å². The molecule has 9 heteroatoms. The van der Waals surface area contributed by atoms with E-state index in [1.165, 1.54) is 0 Å². The fourth-order valence-corrected chi connectivity index (χ4v) is 3.76. The average molecular weight is 556 g/mol. The molecule has 7 nitrogen and oxygen atoms in total. The van der Waals surface area contributed by atoms with Crippen LogP contribution >= 0.6 is 28.1 Å². The molecule has 0 spiro atoms. The van der Waals surface area contributed by atoms with Gasteiger partial charge in [0, 0.05) is 10.9 Å². The minimum absolute atomic E-state index is 0.0649. The summed E-state index contributed by atoms with van der Waals surface area (Å²) < 4.78 is 12.1. The Hall–Kier alpha value is -3.43. The summed E-state index contributed by atoms with van der Waals surface area (Å²) in [7, 11) is 0. The molecule has 0 aliphatic carbocycles. The lowest BCUT2D eigenvalue weighted by atomic mass is 10.1. The molecule has 0 saturated carbocycles. The Morgan fingerprint density at radius 2 is 1.63 bits per heavy atom. The quantitative estimate of drug-likeness (QED) is 0.282. The van der Waals surface area contributed by atoms with Gasteiger partial charge in [0.25, 0.3) is 11.8 Å². The third-order valence-electron chi connectivity index (χ3n) is 4.79. The molecule has 2 amide bonds. The molecule has 0 unspecified atom stereocenters. The SMILES string of the molecule is Cc1cc(C)cc(OCC(=O)NNC(=S)NC(=O)c2cc(Br)ccc2OCCc2ccccc2)c1. The molecule has 3 aromatic carbocycles. The summed E-state index contributed by atoms with van der Waals surface area (Å²) >= 11 is 8.51. The van der Waals surface area contributed by atoms with Crippen molar-refractivity contribution in [2.24, 2.45) is 0 Å². The van der Waals surface area contributed by atoms with Crippen LogP contribution in [-0.2, 0) is 11.2 Å². The Kier molecular flexibility index (Phi) is 9.63. The number of carbonyl (C=O) groups is 2. The van der Waals surface area contributed by atoms with Gasteiger partial charge in [-0.1, -0.05) is 52.3 Å². The van der Waals surface area contributed by atoms with Gasteiger partial charge in [0.2, 0.25) is 0 Å². The molecule has 35 heavy (non-hydrogen) atoms. The predicted octanol–water partition coefficient (Wildman–Crippen LogP) is 4.40. The van der Waals surface area contributed by atoms with E-state index < -0.39 is 11.8 Å². The zero-order valence-electron chi connectivity index (χ0n) is 19.4. The minimum atomic E-state index is -0.473. The van der Waals surface area contributed by atoms with Gasteiger partial charge in [-0.25, -0.2) is 0 Å². The van der Waals surface area contributed by atoms with E-state index in [1.807, 2.05) is 62.4 Å². The molecule has 0 radical (unpaired) electrons. The van der Waals surface area contributed by atoms with Crippen molar-refractivity contribution in [2.75, 3.05) is 13.2 Å². The number of thiocarbonyl (C=S) groups is 1. The zero-order chi connectivity index (χ0) is 25.2. The fraction of sp³-hybridized carbons (Fsp3) is 0.192. The van der Waals surface area contributed by atoms with E-state index in [0.29, 0.717) is 34.6 Å². The lowest BCUT2D eigenvalue weighted by Gasteiger charge is -2.14. The highest BCUT2D eigenvalue weighted by atomic mass is 79.9. The van der Waals surface area contributed by atoms with Gasteiger partial charge in [-0.2, -0.15) is 0 Å². The van der Waals surface area contributed by atoms with Crippen LogP contribution in [0.1, 0.15) is 27.0 Å². The molecule has 3 N–H and O–H groups in total. The monoisotopic (exact) mass is 555 g/mol. The molecule has 3 aromatic rings. The number of hydrogen-bond acceptors (Lipinski definition) is 5. The van der Waals surface area contributed by atoms with E-state index in [4.69, 9.17) is 21.7 Å². The molecule has 0 aliphatic rings. The normalized spacial score (nSPS) is 10.3. The van der Waals surface area contributed by atoms with Crippen molar-refractivity contribution in [3.05, 3.63) is 93.5 Å². The lowest BCUT2D eigenvalue weighted by Crippen LogP contribution is -2.49. The maximum atomic E-state index is 12.8. The first-order valence-electron chi connectivity index (χ1n) is 10.9. The van der Waals surface area contributed by atoms with Crippen molar-refractivity contribution in [1.82, 2.24) is 16.2 Å². The van der Waals surface area contributed by atoms with Gasteiger partial charge in [-0.15, -0.1) is 0 Å². The molecule has 0 saturated heterocycles. The van der Waals surface area contributed by atoms with Crippen LogP contribution < -0.4 is 25.6 Å². The summed E-state index contributed by atoms with van der Waals surface area (Å²) in [6.45, 7) is 4.10. The fourth-order valence-electron chi connectivity index (χ4n) is 3.26. The van der Waals surface area contributed by atoms with Gasteiger partial charge < -0.3 is 9.47 Å². The first-order chi connectivity index (χ1) is 16.8. The molecule has 0 atom stereocenters. The van der Waals surface area contributed by atoms with Crippen LogP contribution in [0, 0.1) is 13.8 Å². The van der Waals surface area contributed by atoms with E-state index >= 15 is 0 Å². The Bertz CT molecular complexity index is 1180. The van der Waals surface area contributed by atoms with Crippen molar-refractivity contribution in [2.45, 2.75) is 20.3 Å². The molecule has 3 rings (SSSR count).